The zero-order chi connectivity index (χ0) is 15.6. The molecule has 126 valence electrons. The number of rotatable bonds is 6. The maximum absolute atomic E-state index is 12.2. The van der Waals surface area contributed by atoms with E-state index in [4.69, 9.17) is 9.84 Å². The summed E-state index contributed by atoms with van der Waals surface area (Å²) in [6.45, 7) is 2.52. The lowest BCUT2D eigenvalue weighted by atomic mass is 10.1. The number of nitrogens with one attached hydrogen (secondary N) is 1. The second-order valence-corrected chi connectivity index (χ2v) is 7.35. The van der Waals surface area contributed by atoms with Crippen LogP contribution in [0.4, 0.5) is 0 Å². The third-order valence-electron chi connectivity index (χ3n) is 5.42. The van der Waals surface area contributed by atoms with Crippen LogP contribution in [0.25, 0.3) is 0 Å². The number of carbonyl (C=O) groups excluding carboxylic acids is 1. The molecule has 1 aromatic rings. The SMILES string of the molecule is O=C(CCc1nn(CC2CC2)c2c1COCC2)NC1CCCC1. The topological polar surface area (TPSA) is 56.2 Å². The van der Waals surface area contributed by atoms with Crippen LogP contribution in [0.5, 0.6) is 0 Å². The number of aryl methyl sites for hydroxylation is 1. The van der Waals surface area contributed by atoms with Crippen molar-refractivity contribution < 1.29 is 9.53 Å². The highest BCUT2D eigenvalue weighted by atomic mass is 16.5. The van der Waals surface area contributed by atoms with Gasteiger partial charge in [-0.25, -0.2) is 0 Å². The van der Waals surface area contributed by atoms with Crippen LogP contribution in [-0.4, -0.2) is 28.3 Å². The van der Waals surface area contributed by atoms with Crippen LogP contribution in [0.1, 0.15) is 61.9 Å². The van der Waals surface area contributed by atoms with Gasteiger partial charge in [0.2, 0.25) is 5.91 Å². The maximum Gasteiger partial charge on any atom is 0.220 e. The zero-order valence-corrected chi connectivity index (χ0v) is 13.9. The first-order valence-corrected chi connectivity index (χ1v) is 9.24. The molecule has 0 aromatic carbocycles. The van der Waals surface area contributed by atoms with E-state index in [2.05, 4.69) is 10.00 Å². The predicted octanol–water partition coefficient (Wildman–Crippen LogP) is 2.36. The fourth-order valence-electron chi connectivity index (χ4n) is 3.88. The molecule has 5 heteroatoms. The minimum atomic E-state index is 0.180. The molecule has 0 unspecified atom stereocenters. The van der Waals surface area contributed by atoms with Crippen LogP contribution in [0.15, 0.2) is 0 Å². The summed E-state index contributed by atoms with van der Waals surface area (Å²) in [6.07, 6.45) is 9.71. The Labute approximate surface area is 137 Å². The summed E-state index contributed by atoms with van der Waals surface area (Å²) in [5.41, 5.74) is 3.70. The Balaban J connectivity index is 1.39. The summed E-state index contributed by atoms with van der Waals surface area (Å²) < 4.78 is 7.84. The average Bonchev–Trinajstić information content (AvgIpc) is 3.10. The fourth-order valence-corrected chi connectivity index (χ4v) is 3.88. The standard InChI is InChI=1S/C18H27N3O2/c22-18(19-14-3-1-2-4-14)8-7-16-15-12-23-10-9-17(15)21(20-16)11-13-5-6-13/h13-14H,1-12H2,(H,19,22). The molecule has 2 saturated carbocycles. The number of aromatic nitrogens is 2. The van der Waals surface area contributed by atoms with Gasteiger partial charge in [-0.15, -0.1) is 0 Å². The number of nitrogens with zero attached hydrogens (tertiary/aromatic N) is 2. The number of hydrogen-bond acceptors (Lipinski definition) is 3. The minimum absolute atomic E-state index is 0.180. The van der Waals surface area contributed by atoms with E-state index in [-0.39, 0.29) is 5.91 Å². The monoisotopic (exact) mass is 317 g/mol. The van der Waals surface area contributed by atoms with Gasteiger partial charge in [-0.1, -0.05) is 12.8 Å². The summed E-state index contributed by atoms with van der Waals surface area (Å²) in [4.78, 5) is 12.2. The average molecular weight is 317 g/mol. The smallest absolute Gasteiger partial charge is 0.220 e. The van der Waals surface area contributed by atoms with E-state index >= 15 is 0 Å². The van der Waals surface area contributed by atoms with Crippen LogP contribution in [0.2, 0.25) is 0 Å². The normalized spacial score (nSPS) is 21.4. The van der Waals surface area contributed by atoms with Crippen LogP contribution in [0, 0.1) is 5.92 Å². The van der Waals surface area contributed by atoms with Crippen molar-refractivity contribution >= 4 is 5.91 Å². The molecule has 2 fully saturated rings. The first-order valence-electron chi connectivity index (χ1n) is 9.24. The van der Waals surface area contributed by atoms with Crippen molar-refractivity contribution in [2.45, 2.75) is 77.0 Å². The number of carbonyl (C=O) groups is 1. The maximum atomic E-state index is 12.2. The summed E-state index contributed by atoms with van der Waals surface area (Å²) in [7, 11) is 0. The number of hydrogen-bond donors (Lipinski definition) is 1. The summed E-state index contributed by atoms with van der Waals surface area (Å²) in [6, 6.07) is 0.409. The second kappa shape index (κ2) is 6.63. The minimum Gasteiger partial charge on any atom is -0.376 e. The first-order chi connectivity index (χ1) is 11.3. The van der Waals surface area contributed by atoms with E-state index in [1.54, 1.807) is 0 Å². The Hall–Kier alpha value is -1.36. The van der Waals surface area contributed by atoms with E-state index in [0.29, 0.717) is 19.1 Å². The molecular formula is C18H27N3O2. The molecule has 23 heavy (non-hydrogen) atoms. The van der Waals surface area contributed by atoms with Gasteiger partial charge in [0, 0.05) is 43.1 Å². The third kappa shape index (κ3) is 3.60. The van der Waals surface area contributed by atoms with Gasteiger partial charge in [-0.05, 0) is 31.6 Å². The molecule has 2 aliphatic carbocycles. The Kier molecular flexibility index (Phi) is 4.38. The van der Waals surface area contributed by atoms with E-state index in [9.17, 15) is 4.79 Å². The number of ether oxygens (including phenoxy) is 1. The lowest BCUT2D eigenvalue weighted by Crippen LogP contribution is -2.32. The number of fused-ring (bicyclic) bond motifs is 1. The quantitative estimate of drug-likeness (QED) is 0.876. The molecule has 5 nitrogen and oxygen atoms in total. The van der Waals surface area contributed by atoms with Gasteiger partial charge in [0.15, 0.2) is 0 Å². The Bertz CT molecular complexity index is 571. The van der Waals surface area contributed by atoms with Crippen LogP contribution in [0.3, 0.4) is 0 Å². The van der Waals surface area contributed by atoms with Gasteiger partial charge in [0.25, 0.3) is 0 Å². The van der Waals surface area contributed by atoms with Crippen molar-refractivity contribution in [1.29, 1.82) is 0 Å². The molecule has 0 atom stereocenters. The van der Waals surface area contributed by atoms with Gasteiger partial charge in [-0.3, -0.25) is 9.48 Å². The zero-order valence-electron chi connectivity index (χ0n) is 13.9. The molecule has 4 rings (SSSR count). The first kappa shape index (κ1) is 15.2. The van der Waals surface area contributed by atoms with Crippen molar-refractivity contribution in [2.24, 2.45) is 5.92 Å². The highest BCUT2D eigenvalue weighted by molar-refractivity contribution is 5.76. The lowest BCUT2D eigenvalue weighted by molar-refractivity contribution is -0.121. The highest BCUT2D eigenvalue weighted by Crippen LogP contribution is 2.32. The largest absolute Gasteiger partial charge is 0.376 e. The fraction of sp³-hybridized carbons (Fsp3) is 0.778. The van der Waals surface area contributed by atoms with Gasteiger partial charge < -0.3 is 10.1 Å². The van der Waals surface area contributed by atoms with Crippen LogP contribution in [-0.2, 0) is 35.5 Å². The Morgan fingerprint density at radius 2 is 2.09 bits per heavy atom. The molecule has 1 aliphatic heterocycles. The van der Waals surface area contributed by atoms with E-state index in [0.717, 1.165) is 50.4 Å². The molecule has 1 aromatic heterocycles. The summed E-state index contributed by atoms with van der Waals surface area (Å²) in [5.74, 6) is 1.000. The molecule has 0 saturated heterocycles. The van der Waals surface area contributed by atoms with Gasteiger partial charge in [0.05, 0.1) is 18.9 Å². The summed E-state index contributed by atoms with van der Waals surface area (Å²) >= 11 is 0. The second-order valence-electron chi connectivity index (χ2n) is 7.35. The van der Waals surface area contributed by atoms with Crippen molar-refractivity contribution in [3.63, 3.8) is 0 Å². The lowest BCUT2D eigenvalue weighted by Gasteiger charge is -2.15. The summed E-state index contributed by atoms with van der Waals surface area (Å²) in [5, 5.41) is 8.01. The molecule has 1 N–H and O–H groups in total. The molecular weight excluding hydrogens is 290 g/mol. The third-order valence-corrected chi connectivity index (χ3v) is 5.42. The molecule has 0 radical (unpaired) electrons. The van der Waals surface area contributed by atoms with Crippen molar-refractivity contribution in [1.82, 2.24) is 15.1 Å². The van der Waals surface area contributed by atoms with Gasteiger partial charge >= 0.3 is 0 Å². The Morgan fingerprint density at radius 3 is 2.87 bits per heavy atom. The van der Waals surface area contributed by atoms with Crippen LogP contribution < -0.4 is 5.32 Å². The molecule has 3 aliphatic rings. The van der Waals surface area contributed by atoms with E-state index in [1.807, 2.05) is 0 Å². The van der Waals surface area contributed by atoms with Gasteiger partial charge in [-0.2, -0.15) is 5.10 Å². The van der Waals surface area contributed by atoms with E-state index in [1.165, 1.54) is 36.9 Å². The van der Waals surface area contributed by atoms with Crippen LogP contribution >= 0.6 is 0 Å². The van der Waals surface area contributed by atoms with Crippen molar-refractivity contribution in [3.05, 3.63) is 17.0 Å². The predicted molar refractivity (Wildman–Crippen MR) is 87.0 cm³/mol. The van der Waals surface area contributed by atoms with Crippen molar-refractivity contribution in [2.75, 3.05) is 6.61 Å². The number of amides is 1. The molecule has 0 bridgehead atoms. The highest BCUT2D eigenvalue weighted by Gasteiger charge is 2.27. The van der Waals surface area contributed by atoms with Crippen molar-refractivity contribution in [3.8, 4) is 0 Å². The molecule has 0 spiro atoms. The van der Waals surface area contributed by atoms with Gasteiger partial charge in [0.1, 0.15) is 0 Å². The van der Waals surface area contributed by atoms with E-state index < -0.39 is 0 Å². The molecule has 2 heterocycles. The Morgan fingerprint density at radius 1 is 1.26 bits per heavy atom. The molecule has 1 amide bonds.